The van der Waals surface area contributed by atoms with E-state index in [1.165, 1.54) is 0 Å². The molecular weight excluding hydrogens is 402 g/mol. The predicted octanol–water partition coefficient (Wildman–Crippen LogP) is 3.44. The number of ether oxygens (including phenoxy) is 1. The Morgan fingerprint density at radius 2 is 2.00 bits per heavy atom. The van der Waals surface area contributed by atoms with Crippen LogP contribution in [0.5, 0.6) is 5.75 Å². The molecule has 1 amide bonds. The van der Waals surface area contributed by atoms with Crippen molar-refractivity contribution in [1.82, 2.24) is 5.32 Å². The molecule has 1 saturated heterocycles. The maximum absolute atomic E-state index is 12.1. The third-order valence-corrected chi connectivity index (χ3v) is 6.69. The maximum Gasteiger partial charge on any atom is 0.258 e. The highest BCUT2D eigenvalue weighted by molar-refractivity contribution is 7.91. The predicted molar refractivity (Wildman–Crippen MR) is 107 cm³/mol. The van der Waals surface area contributed by atoms with Crippen LogP contribution in [0.15, 0.2) is 53.1 Å². The van der Waals surface area contributed by atoms with Gasteiger partial charge in [0.1, 0.15) is 11.3 Å². The zero-order valence-corrected chi connectivity index (χ0v) is 16.4. The molecule has 1 N–H and O–H groups in total. The number of nitrogens with one attached hydrogen (secondary N) is 1. The minimum absolute atomic E-state index is 0.00975. The molecule has 1 aliphatic rings. The van der Waals surface area contributed by atoms with Gasteiger partial charge in [-0.3, -0.25) is 4.79 Å². The maximum atomic E-state index is 12.1. The van der Waals surface area contributed by atoms with Gasteiger partial charge in [0.15, 0.2) is 16.4 Å². The SMILES string of the molecule is O=C(COc1ccc2occ(-c3ccc(Cl)cc3)c2c1)N[C@H]1CCS(=O)(=O)C1. The van der Waals surface area contributed by atoms with Gasteiger partial charge in [0.05, 0.1) is 17.8 Å². The van der Waals surface area contributed by atoms with Crippen LogP contribution in [0, 0.1) is 0 Å². The molecule has 146 valence electrons. The molecule has 1 aliphatic heterocycles. The highest BCUT2D eigenvalue weighted by Gasteiger charge is 2.28. The number of rotatable bonds is 5. The van der Waals surface area contributed by atoms with Crippen molar-refractivity contribution in [3.8, 4) is 16.9 Å². The van der Waals surface area contributed by atoms with Gasteiger partial charge in [-0.25, -0.2) is 8.42 Å². The lowest BCUT2D eigenvalue weighted by Gasteiger charge is -2.11. The smallest absolute Gasteiger partial charge is 0.258 e. The second-order valence-electron chi connectivity index (χ2n) is 6.77. The number of sulfone groups is 1. The summed E-state index contributed by atoms with van der Waals surface area (Å²) >= 11 is 5.95. The molecule has 28 heavy (non-hydrogen) atoms. The molecule has 4 rings (SSSR count). The van der Waals surface area contributed by atoms with E-state index in [2.05, 4.69) is 5.32 Å². The van der Waals surface area contributed by atoms with Crippen LogP contribution in [0.25, 0.3) is 22.1 Å². The van der Waals surface area contributed by atoms with Gasteiger partial charge in [-0.2, -0.15) is 0 Å². The fourth-order valence-electron chi connectivity index (χ4n) is 3.28. The van der Waals surface area contributed by atoms with Gasteiger partial charge >= 0.3 is 0 Å². The topological polar surface area (TPSA) is 85.6 Å². The van der Waals surface area contributed by atoms with E-state index >= 15 is 0 Å². The van der Waals surface area contributed by atoms with Crippen LogP contribution in [0.4, 0.5) is 0 Å². The van der Waals surface area contributed by atoms with E-state index < -0.39 is 9.84 Å². The number of carbonyl (C=O) groups excluding carboxylic acids is 1. The average molecular weight is 420 g/mol. The molecule has 1 atom stereocenters. The standard InChI is InChI=1S/C20H18ClNO5S/c21-14-3-1-13(2-4-14)18-10-27-19-6-5-16(9-17(18)19)26-11-20(23)22-15-7-8-28(24,25)12-15/h1-6,9-10,15H,7-8,11-12H2,(H,22,23)/t15-/m0/s1. The molecule has 3 aromatic rings. The van der Waals surface area contributed by atoms with Crippen molar-refractivity contribution < 1.29 is 22.4 Å². The van der Waals surface area contributed by atoms with Crippen molar-refractivity contribution >= 4 is 38.3 Å². The zero-order valence-electron chi connectivity index (χ0n) is 14.9. The molecule has 0 saturated carbocycles. The Labute approximate surface area is 167 Å². The summed E-state index contributed by atoms with van der Waals surface area (Å²) in [5, 5.41) is 4.22. The molecule has 0 unspecified atom stereocenters. The summed E-state index contributed by atoms with van der Waals surface area (Å²) < 4.78 is 34.1. The van der Waals surface area contributed by atoms with E-state index in [1.54, 1.807) is 18.4 Å². The number of hydrogen-bond acceptors (Lipinski definition) is 5. The number of fused-ring (bicyclic) bond motifs is 1. The van der Waals surface area contributed by atoms with E-state index in [0.29, 0.717) is 22.8 Å². The van der Waals surface area contributed by atoms with Crippen molar-refractivity contribution in [2.75, 3.05) is 18.1 Å². The van der Waals surface area contributed by atoms with Crippen molar-refractivity contribution in [2.45, 2.75) is 12.5 Å². The number of carbonyl (C=O) groups is 1. The molecule has 6 nitrogen and oxygen atoms in total. The summed E-state index contributed by atoms with van der Waals surface area (Å²) in [4.78, 5) is 12.1. The second kappa shape index (κ2) is 7.48. The first kappa shape index (κ1) is 18.8. The molecule has 8 heteroatoms. The Hall–Kier alpha value is -2.51. The number of furan rings is 1. The fourth-order valence-corrected chi connectivity index (χ4v) is 5.08. The van der Waals surface area contributed by atoms with Gasteiger partial charge in [0.25, 0.3) is 5.91 Å². The number of amides is 1. The quantitative estimate of drug-likeness (QED) is 0.684. The first-order chi connectivity index (χ1) is 13.4. The highest BCUT2D eigenvalue weighted by Crippen LogP contribution is 2.33. The van der Waals surface area contributed by atoms with Crippen LogP contribution >= 0.6 is 11.6 Å². The van der Waals surface area contributed by atoms with Gasteiger partial charge in [-0.05, 0) is 42.3 Å². The van der Waals surface area contributed by atoms with Crippen LogP contribution < -0.4 is 10.1 Å². The summed E-state index contributed by atoms with van der Waals surface area (Å²) in [6.45, 7) is -0.184. The third kappa shape index (κ3) is 4.15. The van der Waals surface area contributed by atoms with E-state index in [-0.39, 0.29) is 30.1 Å². The first-order valence-corrected chi connectivity index (χ1v) is 11.0. The first-order valence-electron chi connectivity index (χ1n) is 8.79. The average Bonchev–Trinajstić information content (AvgIpc) is 3.23. The Balaban J connectivity index is 1.45. The lowest BCUT2D eigenvalue weighted by Crippen LogP contribution is -2.38. The van der Waals surface area contributed by atoms with Gasteiger partial charge < -0.3 is 14.5 Å². The van der Waals surface area contributed by atoms with Crippen molar-refractivity contribution in [2.24, 2.45) is 0 Å². The Bertz CT molecular complexity index is 1120. The van der Waals surface area contributed by atoms with Crippen LogP contribution in [-0.4, -0.2) is 38.5 Å². The fraction of sp³-hybridized carbons (Fsp3) is 0.250. The summed E-state index contributed by atoms with van der Waals surface area (Å²) in [5.41, 5.74) is 2.57. The van der Waals surface area contributed by atoms with Crippen LogP contribution in [0.1, 0.15) is 6.42 Å². The molecule has 2 heterocycles. The Morgan fingerprint density at radius 3 is 2.71 bits per heavy atom. The van der Waals surface area contributed by atoms with Gasteiger partial charge in [-0.1, -0.05) is 23.7 Å². The van der Waals surface area contributed by atoms with Crippen LogP contribution in [0.2, 0.25) is 5.02 Å². The van der Waals surface area contributed by atoms with Gasteiger partial charge in [0.2, 0.25) is 0 Å². The number of hydrogen-bond donors (Lipinski definition) is 1. The van der Waals surface area contributed by atoms with Gasteiger partial charge in [0, 0.05) is 22.0 Å². The molecule has 0 aliphatic carbocycles. The molecule has 0 radical (unpaired) electrons. The summed E-state index contributed by atoms with van der Waals surface area (Å²) in [6, 6.07) is 12.4. The van der Waals surface area contributed by atoms with E-state index in [1.807, 2.05) is 30.3 Å². The minimum Gasteiger partial charge on any atom is -0.484 e. The van der Waals surface area contributed by atoms with Crippen molar-refractivity contribution in [3.63, 3.8) is 0 Å². The molecule has 1 fully saturated rings. The lowest BCUT2D eigenvalue weighted by molar-refractivity contribution is -0.123. The molecular formula is C20H18ClNO5S. The van der Waals surface area contributed by atoms with Crippen molar-refractivity contribution in [3.05, 3.63) is 53.8 Å². The molecule has 1 aromatic heterocycles. The van der Waals surface area contributed by atoms with Gasteiger partial charge in [-0.15, -0.1) is 0 Å². The molecule has 0 spiro atoms. The largest absolute Gasteiger partial charge is 0.484 e. The molecule has 2 aromatic carbocycles. The van der Waals surface area contributed by atoms with Crippen molar-refractivity contribution in [1.29, 1.82) is 0 Å². The highest BCUT2D eigenvalue weighted by atomic mass is 35.5. The third-order valence-electron chi connectivity index (χ3n) is 4.67. The summed E-state index contributed by atoms with van der Waals surface area (Å²) in [6.07, 6.45) is 2.12. The molecule has 0 bridgehead atoms. The minimum atomic E-state index is -3.03. The van der Waals surface area contributed by atoms with E-state index in [4.69, 9.17) is 20.8 Å². The number of benzene rings is 2. The summed E-state index contributed by atoms with van der Waals surface area (Å²) in [7, 11) is -3.03. The van der Waals surface area contributed by atoms with E-state index in [0.717, 1.165) is 16.5 Å². The van der Waals surface area contributed by atoms with Crippen LogP contribution in [0.3, 0.4) is 0 Å². The lowest BCUT2D eigenvalue weighted by atomic mass is 10.0. The van der Waals surface area contributed by atoms with Crippen LogP contribution in [-0.2, 0) is 14.6 Å². The monoisotopic (exact) mass is 419 g/mol. The Kier molecular flexibility index (Phi) is 5.03. The normalized spacial score (nSPS) is 18.2. The van der Waals surface area contributed by atoms with E-state index in [9.17, 15) is 13.2 Å². The number of halogens is 1. The Morgan fingerprint density at radius 1 is 1.21 bits per heavy atom. The summed E-state index contributed by atoms with van der Waals surface area (Å²) in [5.74, 6) is 0.291. The zero-order chi connectivity index (χ0) is 19.7. The second-order valence-corrected chi connectivity index (χ2v) is 9.44.